The predicted octanol–water partition coefficient (Wildman–Crippen LogP) is 4.48. The molecule has 3 N–H and O–H groups in total. The molecule has 1 aromatic rings. The predicted molar refractivity (Wildman–Crippen MR) is 108 cm³/mol. The van der Waals surface area contributed by atoms with Gasteiger partial charge in [0.15, 0.2) is 0 Å². The second-order valence-electron chi connectivity index (χ2n) is 8.86. The zero-order valence-corrected chi connectivity index (χ0v) is 17.0. The Morgan fingerprint density at radius 3 is 2.00 bits per heavy atom. The first-order chi connectivity index (χ1) is 13.9. The molecule has 0 unspecified atom stereocenters. The SMILES string of the molecule is O=COC1(CCCCc2cc(CCCCCC3(C(=O)O)CC3)c(O)cc2O)CC1. The molecule has 3 rings (SSSR count). The molecule has 0 amide bonds. The Morgan fingerprint density at radius 2 is 1.48 bits per heavy atom. The average Bonchev–Trinajstić information content (AvgIpc) is 3.59. The number of aliphatic carboxylic acids is 1. The molecule has 0 saturated heterocycles. The van der Waals surface area contributed by atoms with Gasteiger partial charge in [-0.1, -0.05) is 12.8 Å². The Kier molecular flexibility index (Phi) is 6.70. The van der Waals surface area contributed by atoms with Gasteiger partial charge in [-0.3, -0.25) is 9.59 Å². The fourth-order valence-corrected chi connectivity index (χ4v) is 4.18. The number of aryl methyl sites for hydroxylation is 2. The van der Waals surface area contributed by atoms with Crippen LogP contribution in [0.1, 0.15) is 81.8 Å². The maximum absolute atomic E-state index is 11.2. The first-order valence-electron chi connectivity index (χ1n) is 10.8. The molecule has 0 heterocycles. The van der Waals surface area contributed by atoms with Crippen molar-refractivity contribution in [3.8, 4) is 11.5 Å². The van der Waals surface area contributed by atoms with Crippen molar-refractivity contribution in [3.05, 3.63) is 23.3 Å². The lowest BCUT2D eigenvalue weighted by Crippen LogP contribution is -2.14. The van der Waals surface area contributed by atoms with Gasteiger partial charge in [-0.15, -0.1) is 0 Å². The third kappa shape index (κ3) is 5.64. The molecule has 0 aliphatic heterocycles. The van der Waals surface area contributed by atoms with E-state index in [0.717, 1.165) is 94.6 Å². The van der Waals surface area contributed by atoms with Crippen LogP contribution in [0.25, 0.3) is 0 Å². The van der Waals surface area contributed by atoms with Crippen molar-refractivity contribution in [2.24, 2.45) is 5.41 Å². The molecule has 0 aromatic heterocycles. The van der Waals surface area contributed by atoms with E-state index in [1.165, 1.54) is 6.07 Å². The molecule has 160 valence electrons. The van der Waals surface area contributed by atoms with E-state index < -0.39 is 11.4 Å². The van der Waals surface area contributed by atoms with Crippen LogP contribution in [0.4, 0.5) is 0 Å². The van der Waals surface area contributed by atoms with Gasteiger partial charge in [-0.05, 0) is 87.8 Å². The third-order valence-corrected chi connectivity index (χ3v) is 6.62. The molecule has 0 radical (unpaired) electrons. The molecular formula is C23H32O6. The zero-order chi connectivity index (χ0) is 20.9. The molecule has 0 atom stereocenters. The summed E-state index contributed by atoms with van der Waals surface area (Å²) in [4.78, 5) is 21.7. The van der Waals surface area contributed by atoms with Gasteiger partial charge >= 0.3 is 5.97 Å². The van der Waals surface area contributed by atoms with Crippen molar-refractivity contribution >= 4 is 12.4 Å². The lowest BCUT2D eigenvalue weighted by atomic mass is 9.96. The monoisotopic (exact) mass is 404 g/mol. The summed E-state index contributed by atoms with van der Waals surface area (Å²) in [7, 11) is 0. The number of aromatic hydroxyl groups is 2. The highest BCUT2D eigenvalue weighted by Gasteiger charge is 2.49. The number of rotatable bonds is 14. The summed E-state index contributed by atoms with van der Waals surface area (Å²) in [6, 6.07) is 3.31. The molecule has 2 aliphatic carbocycles. The fraction of sp³-hybridized carbons (Fsp3) is 0.652. The molecule has 29 heavy (non-hydrogen) atoms. The molecule has 0 bridgehead atoms. The van der Waals surface area contributed by atoms with Gasteiger partial charge in [0.1, 0.15) is 17.1 Å². The van der Waals surface area contributed by atoms with E-state index in [0.29, 0.717) is 6.47 Å². The minimum Gasteiger partial charge on any atom is -0.508 e. The van der Waals surface area contributed by atoms with Crippen LogP contribution in [0, 0.1) is 5.41 Å². The van der Waals surface area contributed by atoms with Crippen molar-refractivity contribution in [2.45, 2.75) is 89.1 Å². The van der Waals surface area contributed by atoms with Gasteiger partial charge < -0.3 is 20.1 Å². The van der Waals surface area contributed by atoms with Gasteiger partial charge in [0.05, 0.1) is 5.41 Å². The highest BCUT2D eigenvalue weighted by molar-refractivity contribution is 5.77. The van der Waals surface area contributed by atoms with E-state index in [9.17, 15) is 24.9 Å². The number of hydrogen-bond donors (Lipinski definition) is 3. The van der Waals surface area contributed by atoms with Gasteiger partial charge in [0, 0.05) is 6.07 Å². The minimum absolute atomic E-state index is 0.117. The van der Waals surface area contributed by atoms with Gasteiger partial charge in [-0.25, -0.2) is 0 Å². The number of carbonyl (C=O) groups is 2. The largest absolute Gasteiger partial charge is 0.508 e. The molecule has 2 aliphatic rings. The van der Waals surface area contributed by atoms with Crippen molar-refractivity contribution in [1.82, 2.24) is 0 Å². The van der Waals surface area contributed by atoms with Crippen molar-refractivity contribution in [3.63, 3.8) is 0 Å². The van der Waals surface area contributed by atoms with Crippen molar-refractivity contribution < 1.29 is 29.6 Å². The maximum Gasteiger partial charge on any atom is 0.309 e. The summed E-state index contributed by atoms with van der Waals surface area (Å²) in [6.07, 6.45) is 11.0. The Bertz CT molecular complexity index is 733. The van der Waals surface area contributed by atoms with E-state index in [1.54, 1.807) is 0 Å². The summed E-state index contributed by atoms with van der Waals surface area (Å²) in [5.74, 6) is -0.427. The Balaban J connectivity index is 1.41. The van der Waals surface area contributed by atoms with Gasteiger partial charge in [-0.2, -0.15) is 0 Å². The van der Waals surface area contributed by atoms with Gasteiger partial charge in [0.2, 0.25) is 0 Å². The normalized spacial score (nSPS) is 18.2. The lowest BCUT2D eigenvalue weighted by molar-refractivity contribution is -0.143. The van der Waals surface area contributed by atoms with Gasteiger partial charge in [0.25, 0.3) is 6.47 Å². The second kappa shape index (κ2) is 9.06. The van der Waals surface area contributed by atoms with E-state index in [-0.39, 0.29) is 17.1 Å². The Morgan fingerprint density at radius 1 is 0.897 bits per heavy atom. The standard InChI is InChI=1S/C23H32O6/c24-16-29-23(12-13-23)9-5-3-7-18-14-17(19(25)15-20(18)26)6-2-1-4-8-22(10-11-22)21(27)28/h14-16,25-26H,1-13H2,(H,27,28). The number of carbonyl (C=O) groups excluding carboxylic acids is 1. The van der Waals surface area contributed by atoms with Crippen LogP contribution in [-0.2, 0) is 27.2 Å². The first-order valence-corrected chi connectivity index (χ1v) is 10.8. The van der Waals surface area contributed by atoms with Crippen LogP contribution in [0.15, 0.2) is 12.1 Å². The van der Waals surface area contributed by atoms with Crippen LogP contribution < -0.4 is 0 Å². The van der Waals surface area contributed by atoms with Crippen LogP contribution in [0.2, 0.25) is 0 Å². The third-order valence-electron chi connectivity index (χ3n) is 6.62. The Labute approximate surface area is 171 Å². The summed E-state index contributed by atoms with van der Waals surface area (Å²) < 4.78 is 5.16. The Hall–Kier alpha value is -2.24. The van der Waals surface area contributed by atoms with Crippen molar-refractivity contribution in [2.75, 3.05) is 0 Å². The number of benzene rings is 1. The molecule has 2 saturated carbocycles. The smallest absolute Gasteiger partial charge is 0.309 e. The minimum atomic E-state index is -0.663. The number of phenolic OH excluding ortho intramolecular Hbond substituents is 2. The average molecular weight is 405 g/mol. The molecular weight excluding hydrogens is 372 g/mol. The molecule has 6 nitrogen and oxygen atoms in total. The van der Waals surface area contributed by atoms with Crippen LogP contribution >= 0.6 is 0 Å². The summed E-state index contributed by atoms with van der Waals surface area (Å²) in [5.41, 5.74) is 0.981. The van der Waals surface area contributed by atoms with E-state index in [1.807, 2.05) is 6.07 Å². The quantitative estimate of drug-likeness (QED) is 0.312. The molecule has 2 fully saturated rings. The lowest BCUT2D eigenvalue weighted by Gasteiger charge is -2.14. The highest BCUT2D eigenvalue weighted by Crippen LogP contribution is 2.50. The number of unbranched alkanes of at least 4 members (excludes halogenated alkanes) is 3. The molecule has 0 spiro atoms. The van der Waals surface area contributed by atoms with Crippen LogP contribution in [0.5, 0.6) is 11.5 Å². The highest BCUT2D eigenvalue weighted by atomic mass is 16.5. The fourth-order valence-electron chi connectivity index (χ4n) is 4.18. The van der Waals surface area contributed by atoms with Crippen LogP contribution in [-0.4, -0.2) is 33.4 Å². The van der Waals surface area contributed by atoms with E-state index in [4.69, 9.17) is 4.74 Å². The summed E-state index contributed by atoms with van der Waals surface area (Å²) in [5, 5.41) is 29.5. The summed E-state index contributed by atoms with van der Waals surface area (Å²) in [6.45, 7) is 0.539. The zero-order valence-electron chi connectivity index (χ0n) is 17.0. The van der Waals surface area contributed by atoms with E-state index >= 15 is 0 Å². The number of phenols is 2. The first kappa shape index (κ1) is 21.5. The van der Waals surface area contributed by atoms with Crippen LogP contribution in [0.3, 0.4) is 0 Å². The topological polar surface area (TPSA) is 104 Å². The molecule has 6 heteroatoms. The number of carboxylic acids is 1. The van der Waals surface area contributed by atoms with E-state index in [2.05, 4.69) is 0 Å². The number of ether oxygens (including phenoxy) is 1. The second-order valence-corrected chi connectivity index (χ2v) is 8.86. The number of hydrogen-bond acceptors (Lipinski definition) is 5. The molecule has 1 aromatic carbocycles. The number of carboxylic acid groups (broad SMARTS) is 1. The summed E-state index contributed by atoms with van der Waals surface area (Å²) >= 11 is 0. The maximum atomic E-state index is 11.2. The van der Waals surface area contributed by atoms with Crippen molar-refractivity contribution in [1.29, 1.82) is 0 Å².